The first kappa shape index (κ1) is 14.0. The molecule has 0 aromatic heterocycles. The number of anilines is 1. The van der Waals surface area contributed by atoms with Gasteiger partial charge in [-0.2, -0.15) is 0 Å². The summed E-state index contributed by atoms with van der Waals surface area (Å²) in [6.07, 6.45) is 0. The first-order valence-corrected chi connectivity index (χ1v) is 7.04. The smallest absolute Gasteiger partial charge is 0.126 e. The first-order valence-electron chi connectivity index (χ1n) is 5.34. The lowest BCUT2D eigenvalue weighted by Crippen LogP contribution is -1.99. The van der Waals surface area contributed by atoms with Crippen molar-refractivity contribution in [3.63, 3.8) is 0 Å². The second-order valence-electron chi connectivity index (χ2n) is 3.95. The van der Waals surface area contributed by atoms with Crippen molar-refractivity contribution in [2.75, 3.05) is 5.73 Å². The standard InChI is InChI=1S/C13H10ClF2NOS/c14-13-5-9(15)2-1-8(13)7-19(18)12-4-10(16)3-11(17)6-12/h1-6H,7,17H2. The molecule has 1 atom stereocenters. The largest absolute Gasteiger partial charge is 0.399 e. The maximum absolute atomic E-state index is 13.2. The number of halogens is 3. The van der Waals surface area contributed by atoms with E-state index in [1.165, 1.54) is 18.2 Å². The van der Waals surface area contributed by atoms with E-state index in [0.717, 1.165) is 18.2 Å². The molecule has 100 valence electrons. The molecule has 19 heavy (non-hydrogen) atoms. The van der Waals surface area contributed by atoms with Crippen LogP contribution in [0.4, 0.5) is 14.5 Å². The molecule has 0 radical (unpaired) electrons. The molecule has 0 spiro atoms. The molecule has 1 unspecified atom stereocenters. The fourth-order valence-electron chi connectivity index (χ4n) is 1.58. The second-order valence-corrected chi connectivity index (χ2v) is 5.80. The van der Waals surface area contributed by atoms with Gasteiger partial charge >= 0.3 is 0 Å². The Hall–Kier alpha value is -1.46. The van der Waals surface area contributed by atoms with Crippen molar-refractivity contribution in [3.05, 3.63) is 58.6 Å². The Bertz CT molecular complexity index is 628. The van der Waals surface area contributed by atoms with Gasteiger partial charge in [0, 0.05) is 15.6 Å². The first-order chi connectivity index (χ1) is 8.95. The Labute approximate surface area is 116 Å². The molecule has 2 aromatic rings. The van der Waals surface area contributed by atoms with Crippen LogP contribution in [0.1, 0.15) is 5.56 Å². The summed E-state index contributed by atoms with van der Waals surface area (Å²) in [5.74, 6) is -0.940. The van der Waals surface area contributed by atoms with Crippen LogP contribution in [0.15, 0.2) is 41.3 Å². The van der Waals surface area contributed by atoms with E-state index in [2.05, 4.69) is 0 Å². The minimum Gasteiger partial charge on any atom is -0.399 e. The second kappa shape index (κ2) is 5.67. The average Bonchev–Trinajstić information content (AvgIpc) is 2.31. The van der Waals surface area contributed by atoms with Gasteiger partial charge < -0.3 is 5.73 Å². The molecule has 6 heteroatoms. The zero-order valence-corrected chi connectivity index (χ0v) is 11.3. The predicted octanol–water partition coefficient (Wildman–Crippen LogP) is 3.51. The Morgan fingerprint density at radius 2 is 1.84 bits per heavy atom. The highest BCUT2D eigenvalue weighted by Gasteiger charge is 2.10. The number of hydrogen-bond acceptors (Lipinski definition) is 2. The predicted molar refractivity (Wildman–Crippen MR) is 72.3 cm³/mol. The zero-order valence-electron chi connectivity index (χ0n) is 9.70. The maximum atomic E-state index is 13.2. The summed E-state index contributed by atoms with van der Waals surface area (Å²) >= 11 is 5.85. The molecule has 0 saturated heterocycles. The molecule has 0 aliphatic carbocycles. The number of hydrogen-bond donors (Lipinski definition) is 1. The van der Waals surface area contributed by atoms with E-state index in [4.69, 9.17) is 17.3 Å². The quantitative estimate of drug-likeness (QED) is 0.882. The summed E-state index contributed by atoms with van der Waals surface area (Å²) in [4.78, 5) is 0.276. The Kier molecular flexibility index (Phi) is 4.17. The van der Waals surface area contributed by atoms with Crippen molar-refractivity contribution in [1.82, 2.24) is 0 Å². The molecule has 2 rings (SSSR count). The topological polar surface area (TPSA) is 43.1 Å². The van der Waals surface area contributed by atoms with Crippen molar-refractivity contribution in [1.29, 1.82) is 0 Å². The van der Waals surface area contributed by atoms with Crippen LogP contribution in [0, 0.1) is 11.6 Å². The van der Waals surface area contributed by atoms with E-state index in [0.29, 0.717) is 5.56 Å². The number of nitrogens with two attached hydrogens (primary N) is 1. The van der Waals surface area contributed by atoms with Crippen molar-refractivity contribution >= 4 is 28.1 Å². The van der Waals surface area contributed by atoms with Crippen molar-refractivity contribution in [2.24, 2.45) is 0 Å². The molecule has 0 fully saturated rings. The van der Waals surface area contributed by atoms with Gasteiger partial charge in [-0.15, -0.1) is 0 Å². The van der Waals surface area contributed by atoms with Gasteiger partial charge in [0.2, 0.25) is 0 Å². The van der Waals surface area contributed by atoms with Crippen LogP contribution in [0.3, 0.4) is 0 Å². The number of rotatable bonds is 3. The van der Waals surface area contributed by atoms with E-state index in [1.807, 2.05) is 0 Å². The zero-order chi connectivity index (χ0) is 14.0. The SMILES string of the molecule is Nc1cc(F)cc(S(=O)Cc2ccc(F)cc2Cl)c1. The summed E-state index contributed by atoms with van der Waals surface area (Å²) < 4.78 is 38.1. The van der Waals surface area contributed by atoms with Crippen LogP contribution in [-0.4, -0.2) is 4.21 Å². The minimum absolute atomic E-state index is 0.0714. The van der Waals surface area contributed by atoms with E-state index >= 15 is 0 Å². The highest BCUT2D eigenvalue weighted by molar-refractivity contribution is 7.84. The lowest BCUT2D eigenvalue weighted by atomic mass is 10.2. The van der Waals surface area contributed by atoms with Crippen LogP contribution in [0.5, 0.6) is 0 Å². The van der Waals surface area contributed by atoms with Crippen LogP contribution in [0.25, 0.3) is 0 Å². The molecule has 0 aliphatic heterocycles. The van der Waals surface area contributed by atoms with Crippen LogP contribution in [-0.2, 0) is 16.6 Å². The van der Waals surface area contributed by atoms with E-state index in [-0.39, 0.29) is 21.4 Å². The molecular formula is C13H10ClF2NOS. The third-order valence-electron chi connectivity index (χ3n) is 2.46. The van der Waals surface area contributed by atoms with Crippen LogP contribution in [0.2, 0.25) is 5.02 Å². The van der Waals surface area contributed by atoms with E-state index in [9.17, 15) is 13.0 Å². The van der Waals surface area contributed by atoms with Gasteiger partial charge in [-0.25, -0.2) is 8.78 Å². The molecule has 0 bridgehead atoms. The van der Waals surface area contributed by atoms with Crippen LogP contribution < -0.4 is 5.73 Å². The minimum atomic E-state index is -1.50. The molecular weight excluding hydrogens is 292 g/mol. The summed E-state index contributed by atoms with van der Waals surface area (Å²) in [6, 6.07) is 7.58. The lowest BCUT2D eigenvalue weighted by Gasteiger charge is -2.06. The van der Waals surface area contributed by atoms with Gasteiger partial charge in [-0.05, 0) is 35.9 Å². The van der Waals surface area contributed by atoms with Crippen LogP contribution >= 0.6 is 11.6 Å². The fraction of sp³-hybridized carbons (Fsp3) is 0.0769. The van der Waals surface area contributed by atoms with Crippen molar-refractivity contribution in [2.45, 2.75) is 10.6 Å². The van der Waals surface area contributed by atoms with Gasteiger partial charge in [-0.3, -0.25) is 4.21 Å². The Balaban J connectivity index is 2.25. The van der Waals surface area contributed by atoms with Gasteiger partial charge in [0.15, 0.2) is 0 Å². The summed E-state index contributed by atoms with van der Waals surface area (Å²) in [7, 11) is -1.50. The third-order valence-corrected chi connectivity index (χ3v) is 4.14. The van der Waals surface area contributed by atoms with E-state index < -0.39 is 22.4 Å². The van der Waals surface area contributed by atoms with E-state index in [1.54, 1.807) is 0 Å². The van der Waals surface area contributed by atoms with Crippen molar-refractivity contribution in [3.8, 4) is 0 Å². The third kappa shape index (κ3) is 3.52. The Morgan fingerprint density at radius 1 is 1.11 bits per heavy atom. The fourth-order valence-corrected chi connectivity index (χ4v) is 3.10. The molecule has 0 aliphatic rings. The Morgan fingerprint density at radius 3 is 2.47 bits per heavy atom. The number of benzene rings is 2. The molecule has 0 amide bonds. The summed E-state index contributed by atoms with van der Waals surface area (Å²) in [5, 5.41) is 0.192. The summed E-state index contributed by atoms with van der Waals surface area (Å²) in [6.45, 7) is 0. The monoisotopic (exact) mass is 301 g/mol. The maximum Gasteiger partial charge on any atom is 0.126 e. The normalized spacial score (nSPS) is 12.4. The van der Waals surface area contributed by atoms with Gasteiger partial charge in [-0.1, -0.05) is 17.7 Å². The van der Waals surface area contributed by atoms with Gasteiger partial charge in [0.1, 0.15) is 11.6 Å². The van der Waals surface area contributed by atoms with Gasteiger partial charge in [0.05, 0.1) is 16.6 Å². The average molecular weight is 302 g/mol. The van der Waals surface area contributed by atoms with Gasteiger partial charge in [0.25, 0.3) is 0 Å². The highest BCUT2D eigenvalue weighted by atomic mass is 35.5. The lowest BCUT2D eigenvalue weighted by molar-refractivity contribution is 0.623. The molecule has 2 aromatic carbocycles. The molecule has 0 saturated carbocycles. The molecule has 2 nitrogen and oxygen atoms in total. The number of nitrogen functional groups attached to an aromatic ring is 1. The summed E-state index contributed by atoms with van der Waals surface area (Å²) in [5.41, 5.74) is 6.22. The molecule has 0 heterocycles. The highest BCUT2D eigenvalue weighted by Crippen LogP contribution is 2.22. The molecule has 2 N–H and O–H groups in total. The van der Waals surface area contributed by atoms with Crippen molar-refractivity contribution < 1.29 is 13.0 Å².